The van der Waals surface area contributed by atoms with E-state index in [1.54, 1.807) is 6.92 Å². The van der Waals surface area contributed by atoms with Gasteiger partial charge in [-0.2, -0.15) is 0 Å². The van der Waals surface area contributed by atoms with Crippen molar-refractivity contribution in [2.75, 3.05) is 6.54 Å². The lowest BCUT2D eigenvalue weighted by Crippen LogP contribution is -2.49. The summed E-state index contributed by atoms with van der Waals surface area (Å²) in [6.45, 7) is 2.42. The third-order valence-electron chi connectivity index (χ3n) is 5.55. The Morgan fingerprint density at radius 1 is 1.26 bits per heavy atom. The van der Waals surface area contributed by atoms with Crippen LogP contribution in [0.5, 0.6) is 0 Å². The number of amides is 2. The van der Waals surface area contributed by atoms with E-state index in [-0.39, 0.29) is 30.3 Å². The zero-order valence-corrected chi connectivity index (χ0v) is 15.9. The van der Waals surface area contributed by atoms with Gasteiger partial charge in [0.05, 0.1) is 0 Å². The normalized spacial score (nSPS) is 23.9. The van der Waals surface area contributed by atoms with Crippen LogP contribution in [0.4, 0.5) is 0 Å². The van der Waals surface area contributed by atoms with Crippen molar-refractivity contribution < 1.29 is 14.0 Å². The lowest BCUT2D eigenvalue weighted by Gasteiger charge is -2.39. The van der Waals surface area contributed by atoms with Gasteiger partial charge in [-0.25, -0.2) is 0 Å². The highest BCUT2D eigenvalue weighted by Crippen LogP contribution is 2.38. The van der Waals surface area contributed by atoms with Gasteiger partial charge >= 0.3 is 0 Å². The Kier molecular flexibility index (Phi) is 6.49. The van der Waals surface area contributed by atoms with Crippen molar-refractivity contribution in [1.82, 2.24) is 20.4 Å². The highest BCUT2D eigenvalue weighted by atomic mass is 16.4. The Balaban J connectivity index is 1.43. The van der Waals surface area contributed by atoms with Crippen LogP contribution in [-0.2, 0) is 16.0 Å². The minimum absolute atomic E-state index is 0.0714. The topological polar surface area (TPSA) is 88.3 Å². The zero-order chi connectivity index (χ0) is 19.2. The van der Waals surface area contributed by atoms with Crippen molar-refractivity contribution in [3.05, 3.63) is 11.8 Å². The molecule has 1 unspecified atom stereocenters. The summed E-state index contributed by atoms with van der Waals surface area (Å²) in [6.07, 6.45) is 12.4. The summed E-state index contributed by atoms with van der Waals surface area (Å²) in [6, 6.07) is 0.524. The average molecular weight is 372 g/mol. The number of terminal acetylenes is 1. The quantitative estimate of drug-likeness (QED) is 0.557. The molecule has 27 heavy (non-hydrogen) atoms. The molecule has 1 aromatic rings. The SMILES string of the molecule is C#CCCCCC(=O)NCC1C[C@H]2CC[C@@H](C1)N2C(=O)Cc1nnc(C)o1. The molecule has 2 bridgehead atoms. The van der Waals surface area contributed by atoms with E-state index in [9.17, 15) is 9.59 Å². The second-order valence-corrected chi connectivity index (χ2v) is 7.63. The van der Waals surface area contributed by atoms with Gasteiger partial charge in [0.1, 0.15) is 6.42 Å². The molecule has 2 fully saturated rings. The minimum Gasteiger partial charge on any atom is -0.425 e. The maximum atomic E-state index is 12.7. The smallest absolute Gasteiger partial charge is 0.232 e. The van der Waals surface area contributed by atoms with Gasteiger partial charge < -0.3 is 14.6 Å². The Bertz CT molecular complexity index is 694. The van der Waals surface area contributed by atoms with E-state index in [0.717, 1.165) is 44.9 Å². The molecular weight excluding hydrogens is 344 g/mol. The second kappa shape index (κ2) is 9.03. The lowest BCUT2D eigenvalue weighted by molar-refractivity contribution is -0.136. The minimum atomic E-state index is 0.0714. The lowest BCUT2D eigenvalue weighted by atomic mass is 9.90. The van der Waals surface area contributed by atoms with E-state index >= 15 is 0 Å². The van der Waals surface area contributed by atoms with Crippen molar-refractivity contribution in [2.45, 2.75) is 76.8 Å². The first-order valence-corrected chi connectivity index (χ1v) is 9.87. The number of nitrogens with one attached hydrogen (secondary N) is 1. The second-order valence-electron chi connectivity index (χ2n) is 7.63. The number of fused-ring (bicyclic) bond motifs is 2. The van der Waals surface area contributed by atoms with E-state index < -0.39 is 0 Å². The molecule has 7 nitrogen and oxygen atoms in total. The molecule has 3 atom stereocenters. The van der Waals surface area contributed by atoms with Crippen LogP contribution in [0.3, 0.4) is 0 Å². The Labute approximate surface area is 160 Å². The fourth-order valence-electron chi connectivity index (χ4n) is 4.35. The van der Waals surface area contributed by atoms with Gasteiger partial charge in [0.2, 0.25) is 23.6 Å². The average Bonchev–Trinajstić information content (AvgIpc) is 3.17. The Hall–Kier alpha value is -2.36. The molecule has 3 heterocycles. The number of hydrogen-bond donors (Lipinski definition) is 1. The number of carbonyl (C=O) groups is 2. The molecule has 2 amide bonds. The van der Waals surface area contributed by atoms with Crippen LogP contribution >= 0.6 is 0 Å². The largest absolute Gasteiger partial charge is 0.425 e. The van der Waals surface area contributed by atoms with Crippen molar-refractivity contribution in [3.63, 3.8) is 0 Å². The first kappa shape index (κ1) is 19.4. The number of unbranched alkanes of at least 4 members (excludes halogenated alkanes) is 2. The Morgan fingerprint density at radius 3 is 2.63 bits per heavy atom. The first-order valence-electron chi connectivity index (χ1n) is 9.87. The number of aromatic nitrogens is 2. The molecule has 146 valence electrons. The van der Waals surface area contributed by atoms with Crippen molar-refractivity contribution in [2.24, 2.45) is 5.92 Å². The van der Waals surface area contributed by atoms with Gasteiger partial charge in [-0.15, -0.1) is 22.5 Å². The van der Waals surface area contributed by atoms with E-state index in [1.807, 2.05) is 4.90 Å². The molecule has 2 aliphatic heterocycles. The maximum absolute atomic E-state index is 12.7. The highest BCUT2D eigenvalue weighted by molar-refractivity contribution is 5.79. The molecular formula is C20H28N4O3. The number of aryl methyl sites for hydroxylation is 1. The molecule has 3 rings (SSSR count). The maximum Gasteiger partial charge on any atom is 0.232 e. The first-order chi connectivity index (χ1) is 13.1. The van der Waals surface area contributed by atoms with Crippen LogP contribution in [0, 0.1) is 25.2 Å². The molecule has 1 aromatic heterocycles. The van der Waals surface area contributed by atoms with Gasteiger partial charge in [-0.3, -0.25) is 9.59 Å². The predicted octanol–water partition coefficient (Wildman–Crippen LogP) is 2.00. The van der Waals surface area contributed by atoms with Gasteiger partial charge in [0.25, 0.3) is 0 Å². The number of nitrogens with zero attached hydrogens (tertiary/aromatic N) is 3. The van der Waals surface area contributed by atoms with E-state index in [1.165, 1.54) is 0 Å². The summed E-state index contributed by atoms with van der Waals surface area (Å²) < 4.78 is 5.34. The predicted molar refractivity (Wildman–Crippen MR) is 99.4 cm³/mol. The van der Waals surface area contributed by atoms with Gasteiger partial charge in [-0.05, 0) is 44.4 Å². The zero-order valence-electron chi connectivity index (χ0n) is 15.9. The van der Waals surface area contributed by atoms with Crippen LogP contribution in [0.1, 0.15) is 63.1 Å². The summed E-state index contributed by atoms with van der Waals surface area (Å²) in [7, 11) is 0. The van der Waals surface area contributed by atoms with Crippen LogP contribution in [0.15, 0.2) is 4.42 Å². The standard InChI is InChI=1S/C20H28N4O3/c1-3-4-5-6-7-18(25)21-13-15-10-16-8-9-17(11-15)24(16)20(26)12-19-23-22-14(2)27-19/h1,15-17H,4-13H2,2H3,(H,21,25)/t15?,16-,17+. The van der Waals surface area contributed by atoms with E-state index in [2.05, 4.69) is 21.4 Å². The molecule has 0 aromatic carbocycles. The number of carbonyl (C=O) groups excluding carboxylic acids is 2. The van der Waals surface area contributed by atoms with E-state index in [4.69, 9.17) is 10.8 Å². The fraction of sp³-hybridized carbons (Fsp3) is 0.700. The van der Waals surface area contributed by atoms with Crippen molar-refractivity contribution in [3.8, 4) is 12.3 Å². The monoisotopic (exact) mass is 372 g/mol. The van der Waals surface area contributed by atoms with Crippen molar-refractivity contribution >= 4 is 11.8 Å². The Morgan fingerprint density at radius 2 is 2.00 bits per heavy atom. The third kappa shape index (κ3) is 5.09. The molecule has 0 aliphatic carbocycles. The summed E-state index contributed by atoms with van der Waals surface area (Å²) in [5.41, 5.74) is 0. The molecule has 2 aliphatic rings. The van der Waals surface area contributed by atoms with Gasteiger partial charge in [-0.1, -0.05) is 0 Å². The van der Waals surface area contributed by atoms with Gasteiger partial charge in [0.15, 0.2) is 0 Å². The summed E-state index contributed by atoms with van der Waals surface area (Å²) in [5.74, 6) is 4.07. The fourth-order valence-corrected chi connectivity index (χ4v) is 4.35. The molecule has 0 spiro atoms. The van der Waals surface area contributed by atoms with Crippen LogP contribution < -0.4 is 5.32 Å². The third-order valence-corrected chi connectivity index (χ3v) is 5.55. The summed E-state index contributed by atoms with van der Waals surface area (Å²) >= 11 is 0. The number of hydrogen-bond acceptors (Lipinski definition) is 5. The molecule has 0 saturated carbocycles. The van der Waals surface area contributed by atoms with Crippen molar-refractivity contribution in [1.29, 1.82) is 0 Å². The van der Waals surface area contributed by atoms with E-state index in [0.29, 0.717) is 30.7 Å². The number of rotatable bonds is 8. The van der Waals surface area contributed by atoms with Crippen LogP contribution in [0.2, 0.25) is 0 Å². The number of piperidine rings is 1. The molecule has 0 radical (unpaired) electrons. The summed E-state index contributed by atoms with van der Waals surface area (Å²) in [5, 5.41) is 10.8. The molecule has 2 saturated heterocycles. The molecule has 1 N–H and O–H groups in total. The van der Waals surface area contributed by atoms with Crippen LogP contribution in [0.25, 0.3) is 0 Å². The van der Waals surface area contributed by atoms with Crippen LogP contribution in [-0.4, -0.2) is 45.5 Å². The summed E-state index contributed by atoms with van der Waals surface area (Å²) in [4.78, 5) is 26.7. The van der Waals surface area contributed by atoms with Gasteiger partial charge in [0, 0.05) is 38.4 Å². The highest BCUT2D eigenvalue weighted by Gasteiger charge is 2.43. The molecule has 7 heteroatoms.